The lowest BCUT2D eigenvalue weighted by atomic mass is 9.86. The van der Waals surface area contributed by atoms with Crippen LogP contribution >= 0.6 is 15.9 Å². The summed E-state index contributed by atoms with van der Waals surface area (Å²) < 4.78 is 0.987. The van der Waals surface area contributed by atoms with Gasteiger partial charge in [-0.1, -0.05) is 53.2 Å². The Kier molecular flexibility index (Phi) is 4.46. The second-order valence-corrected chi connectivity index (χ2v) is 8.71. The number of rotatable bonds is 3. The van der Waals surface area contributed by atoms with Crippen LogP contribution in [0.5, 0.6) is 0 Å². The molecule has 0 saturated carbocycles. The minimum Gasteiger partial charge on any atom is -0.356 e. The maximum atomic E-state index is 13.3. The highest BCUT2D eigenvalue weighted by Gasteiger charge is 2.47. The quantitative estimate of drug-likeness (QED) is 0.653. The number of carbonyl (C=O) groups excluding carboxylic acids is 2. The number of hydrogen-bond acceptors (Lipinski definition) is 2. The van der Waals surface area contributed by atoms with Gasteiger partial charge in [0.25, 0.3) is 0 Å². The Balaban J connectivity index is 1.70. The second kappa shape index (κ2) is 7.02. The van der Waals surface area contributed by atoms with Gasteiger partial charge in [-0.15, -0.1) is 0 Å². The predicted octanol–water partition coefficient (Wildman–Crippen LogP) is 4.03. The fourth-order valence-electron chi connectivity index (χ4n) is 4.77. The summed E-state index contributed by atoms with van der Waals surface area (Å²) in [4.78, 5) is 33.6. The lowest BCUT2D eigenvalue weighted by molar-refractivity contribution is -0.158. The molecule has 148 valence electrons. The lowest BCUT2D eigenvalue weighted by Crippen LogP contribution is -2.63. The first-order valence-electron chi connectivity index (χ1n) is 10.0. The van der Waals surface area contributed by atoms with E-state index < -0.39 is 6.04 Å². The molecular weight excluding hydrogens is 430 g/mol. The molecule has 0 radical (unpaired) electrons. The minimum atomic E-state index is -0.455. The fraction of sp³-hybridized carbons (Fsp3) is 0.304. The van der Waals surface area contributed by atoms with Crippen LogP contribution in [0.3, 0.4) is 0 Å². The smallest absolute Gasteiger partial charge is 0.246 e. The molecule has 2 atom stereocenters. The average Bonchev–Trinajstić information content (AvgIpc) is 3.10. The summed E-state index contributed by atoms with van der Waals surface area (Å²) in [6.07, 6.45) is 1.40. The molecule has 1 N–H and O–H groups in total. The van der Waals surface area contributed by atoms with Gasteiger partial charge in [-0.3, -0.25) is 9.59 Å². The molecule has 3 aromatic rings. The van der Waals surface area contributed by atoms with Crippen LogP contribution in [0, 0.1) is 0 Å². The van der Waals surface area contributed by atoms with Crippen molar-refractivity contribution in [3.63, 3.8) is 0 Å². The van der Waals surface area contributed by atoms with Gasteiger partial charge < -0.3 is 14.8 Å². The highest BCUT2D eigenvalue weighted by atomic mass is 79.9. The molecule has 3 heterocycles. The zero-order valence-corrected chi connectivity index (χ0v) is 17.8. The number of carbonyl (C=O) groups is 2. The highest BCUT2D eigenvalue weighted by Crippen LogP contribution is 2.42. The zero-order valence-electron chi connectivity index (χ0n) is 16.2. The second-order valence-electron chi connectivity index (χ2n) is 7.80. The van der Waals surface area contributed by atoms with E-state index in [0.29, 0.717) is 13.0 Å². The van der Waals surface area contributed by atoms with Crippen molar-refractivity contribution >= 4 is 38.6 Å². The van der Waals surface area contributed by atoms with Crippen molar-refractivity contribution < 1.29 is 9.59 Å². The maximum absolute atomic E-state index is 13.3. The van der Waals surface area contributed by atoms with Crippen LogP contribution in [-0.2, 0) is 16.0 Å². The van der Waals surface area contributed by atoms with E-state index in [2.05, 4.69) is 33.0 Å². The molecule has 5 nitrogen and oxygen atoms in total. The first kappa shape index (κ1) is 18.4. The molecule has 1 fully saturated rings. The van der Waals surface area contributed by atoms with Crippen molar-refractivity contribution in [1.82, 2.24) is 14.8 Å². The number of nitrogens with one attached hydrogen (secondary N) is 1. The molecule has 0 spiro atoms. The maximum Gasteiger partial charge on any atom is 0.246 e. The van der Waals surface area contributed by atoms with Gasteiger partial charge in [0, 0.05) is 34.0 Å². The van der Waals surface area contributed by atoms with Gasteiger partial charge in [0.2, 0.25) is 11.8 Å². The number of halogens is 1. The molecular formula is C23H22BrN3O2. The van der Waals surface area contributed by atoms with Crippen LogP contribution in [0.1, 0.15) is 36.2 Å². The van der Waals surface area contributed by atoms with Gasteiger partial charge in [0.1, 0.15) is 6.04 Å². The number of H-pyrrole nitrogens is 1. The molecule has 1 aromatic heterocycles. The van der Waals surface area contributed by atoms with Gasteiger partial charge in [-0.25, -0.2) is 0 Å². The molecule has 2 amide bonds. The van der Waals surface area contributed by atoms with Crippen molar-refractivity contribution in [3.8, 4) is 0 Å². The largest absolute Gasteiger partial charge is 0.356 e. The number of aromatic nitrogens is 1. The summed E-state index contributed by atoms with van der Waals surface area (Å²) >= 11 is 3.50. The van der Waals surface area contributed by atoms with Crippen molar-refractivity contribution in [2.75, 3.05) is 13.1 Å². The van der Waals surface area contributed by atoms with Gasteiger partial charge in [-0.2, -0.15) is 0 Å². The number of hydrogen-bond donors (Lipinski definition) is 1. The molecule has 0 bridgehead atoms. The van der Waals surface area contributed by atoms with Crippen LogP contribution in [0.2, 0.25) is 0 Å². The predicted molar refractivity (Wildman–Crippen MR) is 115 cm³/mol. The van der Waals surface area contributed by atoms with Gasteiger partial charge in [0.05, 0.1) is 12.6 Å². The standard InChI is InChI=1S/C23H22BrN3O2/c1-2-11-26-13-20(28)27-19(23(26)29)12-17-16-5-3-4-6-18(16)25-21(17)22(27)14-7-9-15(24)10-8-14/h3-10,19,22,25H,2,11-13H2,1H3/t19-,22+/m0/s1. The third kappa shape index (κ3) is 2.89. The molecule has 0 aliphatic carbocycles. The van der Waals surface area contributed by atoms with Crippen LogP contribution in [0.15, 0.2) is 53.0 Å². The first-order chi connectivity index (χ1) is 14.1. The fourth-order valence-corrected chi connectivity index (χ4v) is 5.04. The van der Waals surface area contributed by atoms with E-state index >= 15 is 0 Å². The van der Waals surface area contributed by atoms with E-state index in [4.69, 9.17) is 0 Å². The number of para-hydroxylation sites is 1. The Morgan fingerprint density at radius 3 is 2.62 bits per heavy atom. The molecule has 0 unspecified atom stereocenters. The Morgan fingerprint density at radius 1 is 1.10 bits per heavy atom. The number of piperazine rings is 1. The summed E-state index contributed by atoms with van der Waals surface area (Å²) in [5.41, 5.74) is 4.23. The number of benzene rings is 2. The highest BCUT2D eigenvalue weighted by molar-refractivity contribution is 9.10. The first-order valence-corrected chi connectivity index (χ1v) is 10.8. The van der Waals surface area contributed by atoms with Crippen molar-refractivity contribution in [3.05, 3.63) is 69.8 Å². The number of nitrogens with zero attached hydrogens (tertiary/aromatic N) is 2. The van der Waals surface area contributed by atoms with Crippen molar-refractivity contribution in [2.24, 2.45) is 0 Å². The van der Waals surface area contributed by atoms with E-state index in [1.165, 1.54) is 0 Å². The summed E-state index contributed by atoms with van der Waals surface area (Å²) in [6.45, 7) is 2.82. The number of amides is 2. The van der Waals surface area contributed by atoms with Crippen LogP contribution < -0.4 is 0 Å². The molecule has 29 heavy (non-hydrogen) atoms. The molecule has 2 aliphatic heterocycles. The van der Waals surface area contributed by atoms with Gasteiger partial charge >= 0.3 is 0 Å². The topological polar surface area (TPSA) is 56.4 Å². The van der Waals surface area contributed by atoms with E-state index in [1.807, 2.05) is 48.2 Å². The van der Waals surface area contributed by atoms with E-state index in [1.54, 1.807) is 4.90 Å². The average molecular weight is 452 g/mol. The molecule has 2 aliphatic rings. The normalized spacial score (nSPS) is 21.4. The van der Waals surface area contributed by atoms with E-state index in [-0.39, 0.29) is 24.4 Å². The Labute approximate surface area is 177 Å². The van der Waals surface area contributed by atoms with Gasteiger partial charge in [-0.05, 0) is 35.7 Å². The van der Waals surface area contributed by atoms with Gasteiger partial charge in [0.15, 0.2) is 0 Å². The third-order valence-corrected chi connectivity index (χ3v) is 6.55. The zero-order chi connectivity index (χ0) is 20.1. The van der Waals surface area contributed by atoms with Crippen molar-refractivity contribution in [2.45, 2.75) is 31.8 Å². The molecule has 5 rings (SSSR count). The van der Waals surface area contributed by atoms with Crippen molar-refractivity contribution in [1.29, 1.82) is 0 Å². The Morgan fingerprint density at radius 2 is 1.86 bits per heavy atom. The minimum absolute atomic E-state index is 0.0141. The van der Waals surface area contributed by atoms with Crippen LogP contribution in [0.25, 0.3) is 10.9 Å². The number of fused-ring (bicyclic) bond motifs is 4. The van der Waals surface area contributed by atoms with Crippen LogP contribution in [-0.4, -0.2) is 45.7 Å². The summed E-state index contributed by atoms with van der Waals surface area (Å²) in [6, 6.07) is 15.5. The van der Waals surface area contributed by atoms with E-state index in [9.17, 15) is 9.59 Å². The third-order valence-electron chi connectivity index (χ3n) is 6.02. The summed E-state index contributed by atoms with van der Waals surface area (Å²) in [7, 11) is 0. The summed E-state index contributed by atoms with van der Waals surface area (Å²) in [5, 5.41) is 1.14. The monoisotopic (exact) mass is 451 g/mol. The lowest BCUT2D eigenvalue weighted by Gasteiger charge is -2.47. The molecule has 6 heteroatoms. The summed E-state index contributed by atoms with van der Waals surface area (Å²) in [5.74, 6) is 0.0739. The molecule has 1 saturated heterocycles. The number of aromatic amines is 1. The van der Waals surface area contributed by atoms with E-state index in [0.717, 1.165) is 38.6 Å². The Hall–Kier alpha value is -2.60. The SMILES string of the molecule is CCCN1CC(=O)N2[C@H](c3ccc(Br)cc3)c3[nH]c4ccccc4c3C[C@H]2C1=O. The van der Waals surface area contributed by atoms with Crippen LogP contribution in [0.4, 0.5) is 0 Å². The Bertz CT molecular complexity index is 1110. The molecule has 2 aromatic carbocycles.